The molecular weight excluding hydrogens is 427 g/mol. The topological polar surface area (TPSA) is 75.3 Å². The van der Waals surface area contributed by atoms with Crippen molar-refractivity contribution in [1.29, 1.82) is 0 Å². The Balaban J connectivity index is 2.13. The van der Waals surface area contributed by atoms with Crippen molar-refractivity contribution < 1.29 is 13.2 Å². The lowest BCUT2D eigenvalue weighted by atomic mass is 10.2. The van der Waals surface area contributed by atoms with Crippen LogP contribution in [0.1, 0.15) is 10.4 Å². The van der Waals surface area contributed by atoms with Crippen LogP contribution in [0.3, 0.4) is 0 Å². The SMILES string of the molecule is C=CCNS(=O)(=O)c1ccc(C(=O)Nc2cccc(I)c2)cc1. The van der Waals surface area contributed by atoms with Crippen LogP contribution in [0.5, 0.6) is 0 Å². The number of sulfonamides is 1. The molecule has 0 atom stereocenters. The van der Waals surface area contributed by atoms with Crippen molar-refractivity contribution in [2.24, 2.45) is 0 Å². The average molecular weight is 442 g/mol. The smallest absolute Gasteiger partial charge is 0.255 e. The number of benzene rings is 2. The number of halogens is 1. The monoisotopic (exact) mass is 442 g/mol. The third-order valence-electron chi connectivity index (χ3n) is 2.93. The number of nitrogens with one attached hydrogen (secondary N) is 2. The Kier molecular flexibility index (Phi) is 5.91. The van der Waals surface area contributed by atoms with Gasteiger partial charge in [-0.3, -0.25) is 4.79 Å². The van der Waals surface area contributed by atoms with E-state index in [1.165, 1.54) is 30.3 Å². The van der Waals surface area contributed by atoms with E-state index in [2.05, 4.69) is 39.2 Å². The summed E-state index contributed by atoms with van der Waals surface area (Å²) in [4.78, 5) is 12.3. The van der Waals surface area contributed by atoms with Gasteiger partial charge in [-0.15, -0.1) is 6.58 Å². The largest absolute Gasteiger partial charge is 0.322 e. The quantitative estimate of drug-likeness (QED) is 0.534. The fourth-order valence-electron chi connectivity index (χ4n) is 1.81. The van der Waals surface area contributed by atoms with Crippen molar-refractivity contribution in [3.05, 3.63) is 70.3 Å². The molecule has 5 nitrogen and oxygen atoms in total. The number of amides is 1. The maximum absolute atomic E-state index is 12.2. The summed E-state index contributed by atoms with van der Waals surface area (Å²) >= 11 is 2.16. The van der Waals surface area contributed by atoms with Crippen LogP contribution in [0.2, 0.25) is 0 Å². The Morgan fingerprint density at radius 1 is 1.17 bits per heavy atom. The van der Waals surface area contributed by atoms with Gasteiger partial charge in [0.2, 0.25) is 10.0 Å². The fourth-order valence-corrected chi connectivity index (χ4v) is 3.35. The van der Waals surface area contributed by atoms with E-state index in [1.807, 2.05) is 18.2 Å². The Bertz CT molecular complexity index is 817. The van der Waals surface area contributed by atoms with E-state index in [4.69, 9.17) is 0 Å². The van der Waals surface area contributed by atoms with Gasteiger partial charge < -0.3 is 5.32 Å². The third kappa shape index (κ3) is 4.88. The number of anilines is 1. The van der Waals surface area contributed by atoms with Gasteiger partial charge in [0.05, 0.1) is 4.90 Å². The highest BCUT2D eigenvalue weighted by Crippen LogP contribution is 2.15. The predicted molar refractivity (Wildman–Crippen MR) is 98.9 cm³/mol. The highest BCUT2D eigenvalue weighted by molar-refractivity contribution is 14.1. The standard InChI is InChI=1S/C16H15IN2O3S/c1-2-10-18-23(21,22)15-8-6-12(7-9-15)16(20)19-14-5-3-4-13(17)11-14/h2-9,11,18H,1,10H2,(H,19,20). The molecule has 0 bridgehead atoms. The van der Waals surface area contributed by atoms with Crippen molar-refractivity contribution in [3.63, 3.8) is 0 Å². The lowest BCUT2D eigenvalue weighted by molar-refractivity contribution is 0.102. The maximum atomic E-state index is 12.2. The van der Waals surface area contributed by atoms with Gasteiger partial charge in [-0.1, -0.05) is 12.1 Å². The third-order valence-corrected chi connectivity index (χ3v) is 5.04. The van der Waals surface area contributed by atoms with Gasteiger partial charge in [0, 0.05) is 21.4 Å². The molecule has 0 saturated carbocycles. The first-order valence-corrected chi connectivity index (χ1v) is 9.26. The molecule has 1 amide bonds. The molecular formula is C16H15IN2O3S. The van der Waals surface area contributed by atoms with Gasteiger partial charge in [0.1, 0.15) is 0 Å². The molecule has 0 saturated heterocycles. The number of rotatable bonds is 6. The molecule has 0 heterocycles. The second-order valence-corrected chi connectivity index (χ2v) is 7.64. The zero-order valence-electron chi connectivity index (χ0n) is 12.1. The van der Waals surface area contributed by atoms with Gasteiger partial charge in [0.15, 0.2) is 0 Å². The maximum Gasteiger partial charge on any atom is 0.255 e. The van der Waals surface area contributed by atoms with Crippen molar-refractivity contribution in [2.45, 2.75) is 4.90 Å². The van der Waals surface area contributed by atoms with Crippen LogP contribution in [0.4, 0.5) is 5.69 Å². The Labute approximate surface area is 149 Å². The van der Waals surface area contributed by atoms with Gasteiger partial charge >= 0.3 is 0 Å². The van der Waals surface area contributed by atoms with E-state index in [0.29, 0.717) is 11.3 Å². The summed E-state index contributed by atoms with van der Waals surface area (Å²) in [6, 6.07) is 13.2. The van der Waals surface area contributed by atoms with E-state index < -0.39 is 10.0 Å². The molecule has 0 aliphatic heterocycles. The highest BCUT2D eigenvalue weighted by Gasteiger charge is 2.14. The molecule has 2 rings (SSSR count). The number of hydrogen-bond acceptors (Lipinski definition) is 3. The summed E-state index contributed by atoms with van der Waals surface area (Å²) in [6.45, 7) is 3.61. The molecule has 0 unspecified atom stereocenters. The van der Waals surface area contributed by atoms with E-state index >= 15 is 0 Å². The highest BCUT2D eigenvalue weighted by atomic mass is 127. The van der Waals surface area contributed by atoms with Crippen LogP contribution in [-0.4, -0.2) is 20.9 Å². The van der Waals surface area contributed by atoms with E-state index in [9.17, 15) is 13.2 Å². The van der Waals surface area contributed by atoms with Gasteiger partial charge in [0.25, 0.3) is 5.91 Å². The molecule has 2 N–H and O–H groups in total. The van der Waals surface area contributed by atoms with Crippen molar-refractivity contribution >= 4 is 44.2 Å². The first-order valence-electron chi connectivity index (χ1n) is 6.70. The lowest BCUT2D eigenvalue weighted by Crippen LogP contribution is -2.23. The minimum Gasteiger partial charge on any atom is -0.322 e. The molecule has 0 aliphatic rings. The molecule has 0 radical (unpaired) electrons. The second-order valence-electron chi connectivity index (χ2n) is 4.63. The Morgan fingerprint density at radius 3 is 2.48 bits per heavy atom. The summed E-state index contributed by atoms with van der Waals surface area (Å²) < 4.78 is 27.3. The minimum atomic E-state index is -3.58. The van der Waals surface area contributed by atoms with Crippen molar-refractivity contribution in [2.75, 3.05) is 11.9 Å². The lowest BCUT2D eigenvalue weighted by Gasteiger charge is -2.07. The molecule has 2 aromatic rings. The summed E-state index contributed by atoms with van der Waals surface area (Å²) in [5.74, 6) is -0.296. The average Bonchev–Trinajstić information content (AvgIpc) is 2.53. The summed E-state index contributed by atoms with van der Waals surface area (Å²) in [5, 5.41) is 2.77. The Hall–Kier alpha value is -1.71. The number of carbonyl (C=O) groups excluding carboxylic acids is 1. The van der Waals surface area contributed by atoms with Gasteiger partial charge in [-0.05, 0) is 65.1 Å². The van der Waals surface area contributed by atoms with E-state index in [-0.39, 0.29) is 17.3 Å². The van der Waals surface area contributed by atoms with E-state index in [0.717, 1.165) is 3.57 Å². The number of hydrogen-bond donors (Lipinski definition) is 2. The normalized spacial score (nSPS) is 11.0. The molecule has 2 aromatic carbocycles. The van der Waals surface area contributed by atoms with Crippen LogP contribution in [0, 0.1) is 3.57 Å². The molecule has 0 spiro atoms. The molecule has 0 aromatic heterocycles. The first-order chi connectivity index (χ1) is 10.9. The molecule has 23 heavy (non-hydrogen) atoms. The summed E-state index contributed by atoms with van der Waals surface area (Å²) in [6.07, 6.45) is 1.46. The van der Waals surface area contributed by atoms with Crippen LogP contribution in [0.15, 0.2) is 66.1 Å². The van der Waals surface area contributed by atoms with Crippen molar-refractivity contribution in [3.8, 4) is 0 Å². The van der Waals surface area contributed by atoms with Crippen LogP contribution < -0.4 is 10.0 Å². The van der Waals surface area contributed by atoms with Gasteiger partial charge in [-0.25, -0.2) is 13.1 Å². The fraction of sp³-hybridized carbons (Fsp3) is 0.0625. The zero-order chi connectivity index (χ0) is 16.9. The summed E-state index contributed by atoms with van der Waals surface area (Å²) in [7, 11) is -3.58. The van der Waals surface area contributed by atoms with Crippen LogP contribution in [-0.2, 0) is 10.0 Å². The minimum absolute atomic E-state index is 0.102. The van der Waals surface area contributed by atoms with E-state index in [1.54, 1.807) is 6.07 Å². The zero-order valence-corrected chi connectivity index (χ0v) is 15.1. The molecule has 0 fully saturated rings. The first kappa shape index (κ1) is 17.6. The van der Waals surface area contributed by atoms with Gasteiger partial charge in [-0.2, -0.15) is 0 Å². The Morgan fingerprint density at radius 2 is 1.87 bits per heavy atom. The summed E-state index contributed by atoms with van der Waals surface area (Å²) in [5.41, 5.74) is 1.07. The van der Waals surface area contributed by atoms with Crippen LogP contribution >= 0.6 is 22.6 Å². The van der Waals surface area contributed by atoms with Crippen molar-refractivity contribution in [1.82, 2.24) is 4.72 Å². The molecule has 7 heteroatoms. The predicted octanol–water partition coefficient (Wildman–Crippen LogP) is 3.01. The number of carbonyl (C=O) groups is 1. The molecule has 0 aliphatic carbocycles. The van der Waals surface area contributed by atoms with Crippen LogP contribution in [0.25, 0.3) is 0 Å². The second kappa shape index (κ2) is 7.71. The molecule has 120 valence electrons.